The van der Waals surface area contributed by atoms with E-state index in [-0.39, 0.29) is 17.5 Å². The summed E-state index contributed by atoms with van der Waals surface area (Å²) in [5.74, 6) is 0.453. The van der Waals surface area contributed by atoms with E-state index in [4.69, 9.17) is 0 Å². The highest BCUT2D eigenvalue weighted by molar-refractivity contribution is 7.99. The standard InChI is InChI=1S/C18H20FN5OS2/c1-11(2)8-24-16(13-6-4-5-7-14(13)19)22-23-18(24)27-10-15(25)21-17-20-12(3)9-26-17/h4-7,9,11H,8,10H2,1-3H3,(H,20,21,25). The van der Waals surface area contributed by atoms with Gasteiger partial charge < -0.3 is 9.88 Å². The second kappa shape index (κ2) is 8.62. The first-order valence-corrected chi connectivity index (χ1v) is 10.3. The molecule has 6 nitrogen and oxygen atoms in total. The molecule has 0 aliphatic heterocycles. The topological polar surface area (TPSA) is 72.7 Å². The maximum absolute atomic E-state index is 14.2. The molecule has 0 aliphatic rings. The Morgan fingerprint density at radius 3 is 2.78 bits per heavy atom. The summed E-state index contributed by atoms with van der Waals surface area (Å²) in [6.45, 7) is 6.64. The van der Waals surface area contributed by atoms with E-state index in [2.05, 4.69) is 34.3 Å². The van der Waals surface area contributed by atoms with Gasteiger partial charge in [0.1, 0.15) is 5.82 Å². The molecule has 1 amide bonds. The summed E-state index contributed by atoms with van der Waals surface area (Å²) in [6.07, 6.45) is 0. The van der Waals surface area contributed by atoms with E-state index in [0.717, 1.165) is 5.69 Å². The molecule has 1 N–H and O–H groups in total. The first-order valence-electron chi connectivity index (χ1n) is 8.47. The molecule has 0 atom stereocenters. The number of rotatable bonds is 7. The fourth-order valence-electron chi connectivity index (χ4n) is 2.46. The molecule has 0 radical (unpaired) electrons. The lowest BCUT2D eigenvalue weighted by atomic mass is 10.2. The van der Waals surface area contributed by atoms with Crippen LogP contribution in [0.1, 0.15) is 19.5 Å². The Labute approximate surface area is 165 Å². The zero-order valence-corrected chi connectivity index (χ0v) is 16.9. The van der Waals surface area contributed by atoms with Gasteiger partial charge in [0.15, 0.2) is 16.1 Å². The van der Waals surface area contributed by atoms with E-state index in [9.17, 15) is 9.18 Å². The number of nitrogens with zero attached hydrogens (tertiary/aromatic N) is 4. The van der Waals surface area contributed by atoms with E-state index in [1.165, 1.54) is 29.2 Å². The number of anilines is 1. The molecule has 27 heavy (non-hydrogen) atoms. The molecule has 2 heterocycles. The number of aryl methyl sites for hydroxylation is 1. The maximum atomic E-state index is 14.2. The molecule has 0 unspecified atom stereocenters. The summed E-state index contributed by atoms with van der Waals surface area (Å²) in [5, 5.41) is 14.2. The van der Waals surface area contributed by atoms with Crippen LogP contribution in [0.25, 0.3) is 11.4 Å². The van der Waals surface area contributed by atoms with Crippen molar-refractivity contribution in [3.05, 3.63) is 41.2 Å². The summed E-state index contributed by atoms with van der Waals surface area (Å²) >= 11 is 2.66. The van der Waals surface area contributed by atoms with Gasteiger partial charge in [0.25, 0.3) is 0 Å². The van der Waals surface area contributed by atoms with Gasteiger partial charge in [-0.15, -0.1) is 21.5 Å². The molecular formula is C18H20FN5OS2. The third kappa shape index (κ3) is 4.92. The van der Waals surface area contributed by atoms with E-state index in [1.54, 1.807) is 18.2 Å². The van der Waals surface area contributed by atoms with Gasteiger partial charge in [0, 0.05) is 11.9 Å². The van der Waals surface area contributed by atoms with Gasteiger partial charge >= 0.3 is 0 Å². The molecule has 0 saturated heterocycles. The number of thioether (sulfide) groups is 1. The Kier molecular flexibility index (Phi) is 6.22. The Bertz CT molecular complexity index is 937. The molecule has 0 bridgehead atoms. The van der Waals surface area contributed by atoms with E-state index >= 15 is 0 Å². The third-order valence-electron chi connectivity index (χ3n) is 3.58. The largest absolute Gasteiger partial charge is 0.302 e. The highest BCUT2D eigenvalue weighted by Crippen LogP contribution is 2.27. The van der Waals surface area contributed by atoms with Crippen LogP contribution in [0.2, 0.25) is 0 Å². The number of carbonyl (C=O) groups excluding carboxylic acids is 1. The molecule has 0 spiro atoms. The average molecular weight is 406 g/mol. The molecule has 142 valence electrons. The Morgan fingerprint density at radius 1 is 1.33 bits per heavy atom. The molecular weight excluding hydrogens is 385 g/mol. The van der Waals surface area contributed by atoms with Crippen LogP contribution in [-0.2, 0) is 11.3 Å². The predicted molar refractivity (Wildman–Crippen MR) is 106 cm³/mol. The van der Waals surface area contributed by atoms with Crippen molar-refractivity contribution < 1.29 is 9.18 Å². The maximum Gasteiger partial charge on any atom is 0.236 e. The van der Waals surface area contributed by atoms with Gasteiger partial charge in [-0.1, -0.05) is 37.7 Å². The van der Waals surface area contributed by atoms with Gasteiger partial charge in [-0.25, -0.2) is 9.37 Å². The highest BCUT2D eigenvalue weighted by Gasteiger charge is 2.19. The van der Waals surface area contributed by atoms with Crippen molar-refractivity contribution in [2.45, 2.75) is 32.5 Å². The molecule has 3 aromatic rings. The molecule has 0 fully saturated rings. The summed E-state index contributed by atoms with van der Waals surface area (Å²) in [6, 6.07) is 6.49. The number of halogens is 1. The Hall–Kier alpha value is -2.26. The highest BCUT2D eigenvalue weighted by atomic mass is 32.2. The predicted octanol–water partition coefficient (Wildman–Crippen LogP) is 4.24. The van der Waals surface area contributed by atoms with Crippen LogP contribution in [0.15, 0.2) is 34.8 Å². The number of carbonyl (C=O) groups is 1. The normalized spacial score (nSPS) is 11.1. The zero-order valence-electron chi connectivity index (χ0n) is 15.3. The molecule has 0 aliphatic carbocycles. The second-order valence-corrected chi connectivity index (χ2v) is 8.22. The quantitative estimate of drug-likeness (QED) is 0.596. The van der Waals surface area contributed by atoms with E-state index in [1.807, 2.05) is 16.9 Å². The monoisotopic (exact) mass is 405 g/mol. The average Bonchev–Trinajstić information content (AvgIpc) is 3.19. The molecule has 3 rings (SSSR count). The van der Waals surface area contributed by atoms with Crippen molar-refractivity contribution in [3.63, 3.8) is 0 Å². The van der Waals surface area contributed by atoms with Crippen LogP contribution in [0.5, 0.6) is 0 Å². The Balaban J connectivity index is 1.77. The van der Waals surface area contributed by atoms with Crippen molar-refractivity contribution in [2.75, 3.05) is 11.1 Å². The number of thiazole rings is 1. The summed E-state index contributed by atoms with van der Waals surface area (Å²) < 4.78 is 16.1. The summed E-state index contributed by atoms with van der Waals surface area (Å²) in [5.41, 5.74) is 1.27. The molecule has 2 aromatic heterocycles. The Morgan fingerprint density at radius 2 is 2.11 bits per heavy atom. The summed E-state index contributed by atoms with van der Waals surface area (Å²) in [7, 11) is 0. The number of hydrogen-bond donors (Lipinski definition) is 1. The van der Waals surface area contributed by atoms with Crippen molar-refractivity contribution in [2.24, 2.45) is 5.92 Å². The van der Waals surface area contributed by atoms with Crippen molar-refractivity contribution >= 4 is 34.1 Å². The first-order chi connectivity index (χ1) is 12.9. The third-order valence-corrected chi connectivity index (χ3v) is 5.42. The minimum atomic E-state index is -0.344. The number of hydrogen-bond acceptors (Lipinski definition) is 6. The molecule has 1 aromatic carbocycles. The lowest BCUT2D eigenvalue weighted by Crippen LogP contribution is -2.15. The summed E-state index contributed by atoms with van der Waals surface area (Å²) in [4.78, 5) is 16.4. The van der Waals surface area contributed by atoms with Crippen LogP contribution in [0.4, 0.5) is 9.52 Å². The fourth-order valence-corrected chi connectivity index (χ4v) is 3.92. The van der Waals surface area contributed by atoms with Crippen molar-refractivity contribution in [3.8, 4) is 11.4 Å². The minimum Gasteiger partial charge on any atom is -0.302 e. The van der Waals surface area contributed by atoms with Crippen LogP contribution < -0.4 is 5.32 Å². The number of amides is 1. The van der Waals surface area contributed by atoms with Crippen LogP contribution in [0, 0.1) is 18.7 Å². The number of aromatic nitrogens is 4. The second-order valence-electron chi connectivity index (χ2n) is 6.42. The van der Waals surface area contributed by atoms with Gasteiger partial charge in [0.2, 0.25) is 5.91 Å². The van der Waals surface area contributed by atoms with Crippen LogP contribution in [-0.4, -0.2) is 31.4 Å². The van der Waals surface area contributed by atoms with E-state index in [0.29, 0.717) is 34.1 Å². The first kappa shape index (κ1) is 19.5. The lowest BCUT2D eigenvalue weighted by molar-refractivity contribution is -0.113. The number of nitrogens with one attached hydrogen (secondary N) is 1. The van der Waals surface area contributed by atoms with Gasteiger partial charge in [0.05, 0.1) is 17.0 Å². The van der Waals surface area contributed by atoms with Gasteiger partial charge in [-0.3, -0.25) is 4.79 Å². The van der Waals surface area contributed by atoms with Crippen LogP contribution >= 0.6 is 23.1 Å². The van der Waals surface area contributed by atoms with E-state index < -0.39 is 0 Å². The van der Waals surface area contributed by atoms with Crippen molar-refractivity contribution in [1.29, 1.82) is 0 Å². The fraction of sp³-hybridized carbons (Fsp3) is 0.333. The number of benzene rings is 1. The van der Waals surface area contributed by atoms with Gasteiger partial charge in [-0.2, -0.15) is 0 Å². The van der Waals surface area contributed by atoms with Crippen LogP contribution in [0.3, 0.4) is 0 Å². The lowest BCUT2D eigenvalue weighted by Gasteiger charge is -2.12. The minimum absolute atomic E-state index is 0.166. The smallest absolute Gasteiger partial charge is 0.236 e. The molecule has 9 heteroatoms. The van der Waals surface area contributed by atoms with Crippen molar-refractivity contribution in [1.82, 2.24) is 19.7 Å². The van der Waals surface area contributed by atoms with Gasteiger partial charge in [-0.05, 0) is 25.0 Å². The molecule has 0 saturated carbocycles. The zero-order chi connectivity index (χ0) is 19.4. The SMILES string of the molecule is Cc1csc(NC(=O)CSc2nnc(-c3ccccc3F)n2CC(C)C)n1.